The first kappa shape index (κ1) is 50.1. The number of rotatable bonds is 11. The van der Waals surface area contributed by atoms with Crippen molar-refractivity contribution >= 4 is 42.6 Å². The monoisotopic (exact) mass is 614 g/mol. The Morgan fingerprint density at radius 1 is 0.780 bits per heavy atom. The lowest BCUT2D eigenvalue weighted by molar-refractivity contribution is -0.170. The summed E-state index contributed by atoms with van der Waals surface area (Å²) in [5, 5.41) is 115. The van der Waals surface area contributed by atoms with Crippen molar-refractivity contribution in [3.63, 3.8) is 0 Å². The van der Waals surface area contributed by atoms with E-state index in [1.807, 2.05) is 0 Å². The average molecular weight is 615 g/mol. The van der Waals surface area contributed by atoms with Gasteiger partial charge in [0.1, 0.15) is 30.5 Å². The van der Waals surface area contributed by atoms with Crippen molar-refractivity contribution in [1.29, 1.82) is 0 Å². The van der Waals surface area contributed by atoms with Crippen molar-refractivity contribution in [2.24, 2.45) is 0 Å². The third-order valence-corrected chi connectivity index (χ3v) is 3.06. The quantitative estimate of drug-likeness (QED) is 0.0965. The number of carboxylic acid groups (broad SMARTS) is 6. The van der Waals surface area contributed by atoms with Crippen LogP contribution in [0.3, 0.4) is 0 Å². The molecule has 0 bridgehead atoms. The molecule has 0 radical (unpaired) electrons. The average Bonchev–Trinajstić information content (AvgIpc) is 2.82. The molecule has 5 atom stereocenters. The number of carboxylic acids is 5. The fourth-order valence-electron chi connectivity index (χ4n) is 1.33. The molecule has 0 aromatic carbocycles. The van der Waals surface area contributed by atoms with Crippen LogP contribution in [-0.4, -0.2) is 163 Å². The highest BCUT2D eigenvalue weighted by Gasteiger charge is 2.40. The molecule has 14 N–H and O–H groups in total. The molecule has 244 valence electrons. The van der Waals surface area contributed by atoms with Gasteiger partial charge in [-0.05, 0) is 13.8 Å². The summed E-state index contributed by atoms with van der Waals surface area (Å²) in [7, 11) is 0. The summed E-state index contributed by atoms with van der Waals surface area (Å²) < 4.78 is 0. The third-order valence-electron chi connectivity index (χ3n) is 3.06. The number of aliphatic carboxylic acids is 5. The molecule has 0 rings (SSSR count). The molecule has 0 aliphatic carbocycles. The van der Waals surface area contributed by atoms with Gasteiger partial charge in [-0.2, -0.15) is 0 Å². The number of aliphatic hydroxyl groups is 8. The summed E-state index contributed by atoms with van der Waals surface area (Å²) in [5.41, 5.74) is -2.74. The van der Waals surface area contributed by atoms with Crippen molar-refractivity contribution in [2.75, 3.05) is 13.2 Å². The van der Waals surface area contributed by atoms with Gasteiger partial charge >= 0.3 is 23.9 Å². The Hall–Kier alpha value is -3.83. The van der Waals surface area contributed by atoms with E-state index in [1.54, 1.807) is 6.92 Å². The van der Waals surface area contributed by atoms with E-state index in [0.29, 0.717) is 0 Å². The molecule has 0 aliphatic heterocycles. The highest BCUT2D eigenvalue weighted by atomic mass is 16.4. The Morgan fingerprint density at radius 2 is 1.05 bits per heavy atom. The first-order valence-electron chi connectivity index (χ1n) is 10.5. The van der Waals surface area contributed by atoms with Crippen LogP contribution in [0.1, 0.15) is 33.6 Å². The summed E-state index contributed by atoms with van der Waals surface area (Å²) >= 11 is 0. The lowest BCUT2D eigenvalue weighted by Crippen LogP contribution is -2.46. The SMILES string of the molecule is CC(=O)O.CC(O)C(=O)O.CCO.O=C(O)CC(O)(CC(=O)O)C(=O)O.O=CO.O=C[C@H](O)[C@@H](O)[C@H](O)[C@H](O)CO. The largest absolute Gasteiger partial charge is 0.483 e. The van der Waals surface area contributed by atoms with E-state index in [-0.39, 0.29) is 19.4 Å². The lowest BCUT2D eigenvalue weighted by atomic mass is 9.96. The van der Waals surface area contributed by atoms with Gasteiger partial charge in [-0.15, -0.1) is 0 Å². The van der Waals surface area contributed by atoms with Gasteiger partial charge in [-0.3, -0.25) is 19.2 Å². The summed E-state index contributed by atoms with van der Waals surface area (Å²) in [6, 6.07) is 0. The third kappa shape index (κ3) is 40.8. The molecule has 21 heteroatoms. The highest BCUT2D eigenvalue weighted by molar-refractivity contribution is 5.88. The van der Waals surface area contributed by atoms with E-state index < -0.39 is 85.4 Å². The second-order valence-corrected chi connectivity index (χ2v) is 6.79. The maximum Gasteiger partial charge on any atom is 0.336 e. The van der Waals surface area contributed by atoms with Crippen molar-refractivity contribution < 1.29 is 105 Å². The van der Waals surface area contributed by atoms with Crippen LogP contribution < -0.4 is 0 Å². The molecule has 0 aromatic heterocycles. The number of aliphatic hydroxyl groups excluding tert-OH is 7. The minimum absolute atomic E-state index is 0.0258. The molecule has 0 saturated heterocycles. The fourth-order valence-corrected chi connectivity index (χ4v) is 1.33. The van der Waals surface area contributed by atoms with Gasteiger partial charge in [-0.1, -0.05) is 0 Å². The van der Waals surface area contributed by atoms with Crippen molar-refractivity contribution in [3.8, 4) is 0 Å². The second kappa shape index (κ2) is 30.7. The molecule has 0 aromatic rings. The van der Waals surface area contributed by atoms with Crippen LogP contribution in [-0.2, 0) is 33.6 Å². The molecule has 0 spiro atoms. The zero-order valence-corrected chi connectivity index (χ0v) is 22.0. The zero-order valence-electron chi connectivity index (χ0n) is 22.0. The van der Waals surface area contributed by atoms with Crippen molar-refractivity contribution in [1.82, 2.24) is 0 Å². The van der Waals surface area contributed by atoms with Gasteiger partial charge in [0.25, 0.3) is 12.4 Å². The van der Waals surface area contributed by atoms with E-state index in [1.165, 1.54) is 6.92 Å². The fraction of sp³-hybridized carbons (Fsp3) is 0.650. The van der Waals surface area contributed by atoms with Gasteiger partial charge in [0, 0.05) is 13.5 Å². The maximum atomic E-state index is 10.3. The molecule has 21 nitrogen and oxygen atoms in total. The Kier molecular flexibility index (Phi) is 37.5. The summed E-state index contributed by atoms with van der Waals surface area (Å²) in [6.07, 6.45) is -10.4. The second-order valence-electron chi connectivity index (χ2n) is 6.79. The molecule has 0 fully saturated rings. The Morgan fingerprint density at radius 3 is 1.20 bits per heavy atom. The first-order valence-corrected chi connectivity index (χ1v) is 10.5. The standard InChI is InChI=1S/C6H8O7.C6H12O6.C3H6O3.C2H4O2.C2H6O.CH2O2/c7-3(8)1-6(13,5(11)12)2-4(9)10;7-1-3(9)5(11)6(12)4(10)2-8;1-2(4)3(5)6;1-2(3)4;1-2-3;2-1-3/h13H,1-2H2,(H,7,8)(H,9,10)(H,11,12);1,3-6,8-12H,2H2;2,4H,1H3,(H,5,6);1H3,(H,3,4);3H,2H2,1H3;1H,(H,2,3)/t;3-,4+,5+,6+;;;;/m.0..../s1. The van der Waals surface area contributed by atoms with E-state index in [2.05, 4.69) is 0 Å². The van der Waals surface area contributed by atoms with Crippen LogP contribution >= 0.6 is 0 Å². The number of carbonyl (C=O) groups is 7. The van der Waals surface area contributed by atoms with Crippen LogP contribution in [0.15, 0.2) is 0 Å². The van der Waals surface area contributed by atoms with Crippen molar-refractivity contribution in [2.45, 2.75) is 69.7 Å². The van der Waals surface area contributed by atoms with Crippen LogP contribution in [0.5, 0.6) is 0 Å². The van der Waals surface area contributed by atoms with Gasteiger partial charge in [0.15, 0.2) is 11.9 Å². The zero-order chi connectivity index (χ0) is 34.5. The van der Waals surface area contributed by atoms with E-state index in [0.717, 1.165) is 6.92 Å². The van der Waals surface area contributed by atoms with Crippen LogP contribution in [0.4, 0.5) is 0 Å². The Labute approximate surface area is 231 Å². The smallest absolute Gasteiger partial charge is 0.336 e. The van der Waals surface area contributed by atoms with Crippen LogP contribution in [0, 0.1) is 0 Å². The predicted octanol–water partition coefficient (Wildman–Crippen LogP) is -5.39. The van der Waals surface area contributed by atoms with Gasteiger partial charge in [-0.25, -0.2) is 9.59 Å². The molecular weight excluding hydrogens is 576 g/mol. The van der Waals surface area contributed by atoms with Gasteiger partial charge in [0.05, 0.1) is 19.4 Å². The lowest BCUT2D eigenvalue weighted by Gasteiger charge is -2.22. The number of hydrogen-bond acceptors (Lipinski definition) is 15. The van der Waals surface area contributed by atoms with E-state index in [4.69, 9.17) is 81.1 Å². The van der Waals surface area contributed by atoms with Crippen LogP contribution in [0.25, 0.3) is 0 Å². The van der Waals surface area contributed by atoms with Crippen LogP contribution in [0.2, 0.25) is 0 Å². The molecule has 0 amide bonds. The summed E-state index contributed by atoms with van der Waals surface area (Å²) in [6.45, 7) is 3.20. The van der Waals surface area contributed by atoms with E-state index in [9.17, 15) is 24.0 Å². The topological polar surface area (TPSA) is 403 Å². The Bertz CT molecular complexity index is 717. The first-order chi connectivity index (χ1) is 18.5. The molecular formula is C20H38O21. The highest BCUT2D eigenvalue weighted by Crippen LogP contribution is 2.15. The van der Waals surface area contributed by atoms with E-state index >= 15 is 0 Å². The normalized spacial score (nSPS) is 13.0. The number of hydrogen-bond donors (Lipinski definition) is 14. The number of aldehydes is 1. The molecule has 0 saturated carbocycles. The Balaban J connectivity index is -0.0000000995. The molecule has 1 unspecified atom stereocenters. The molecule has 41 heavy (non-hydrogen) atoms. The molecule has 0 aliphatic rings. The predicted molar refractivity (Wildman–Crippen MR) is 128 cm³/mol. The maximum absolute atomic E-state index is 10.3. The summed E-state index contributed by atoms with van der Waals surface area (Å²) in [5.74, 6) is -7.04. The minimum Gasteiger partial charge on any atom is -0.483 e. The van der Waals surface area contributed by atoms with Gasteiger partial charge in [0.2, 0.25) is 0 Å². The minimum atomic E-state index is -2.74. The molecule has 0 heterocycles. The van der Waals surface area contributed by atoms with Crippen molar-refractivity contribution in [3.05, 3.63) is 0 Å². The van der Waals surface area contributed by atoms with Gasteiger partial charge < -0.3 is 76.3 Å². The number of carbonyl (C=O) groups excluding carboxylic acids is 1. The summed E-state index contributed by atoms with van der Waals surface area (Å²) in [4.78, 5) is 67.2.